The Morgan fingerprint density at radius 2 is 2.32 bits per heavy atom. The summed E-state index contributed by atoms with van der Waals surface area (Å²) in [6.07, 6.45) is 2.98. The number of hydrogen-bond acceptors (Lipinski definition) is 3. The molecule has 0 radical (unpaired) electrons. The molecule has 2 heterocycles. The van der Waals surface area contributed by atoms with Gasteiger partial charge in [-0.3, -0.25) is 4.79 Å². The van der Waals surface area contributed by atoms with Crippen LogP contribution >= 0.6 is 0 Å². The van der Waals surface area contributed by atoms with Crippen LogP contribution in [0, 0.1) is 11.7 Å². The summed E-state index contributed by atoms with van der Waals surface area (Å²) in [6.45, 7) is 5.37. The number of fused-ring (bicyclic) bond motifs is 1. The van der Waals surface area contributed by atoms with Crippen molar-refractivity contribution in [3.63, 3.8) is 0 Å². The zero-order valence-corrected chi connectivity index (χ0v) is 12.1. The molecule has 0 saturated heterocycles. The van der Waals surface area contributed by atoms with Crippen molar-refractivity contribution in [2.75, 3.05) is 18.0 Å². The lowest BCUT2D eigenvalue weighted by molar-refractivity contribution is -0.116. The topological polar surface area (TPSA) is 50.2 Å². The minimum Gasteiger partial charge on any atom is -0.352 e. The van der Waals surface area contributed by atoms with Gasteiger partial charge in [-0.1, -0.05) is 12.6 Å². The lowest BCUT2D eigenvalue weighted by atomic mass is 10.1. The standard InChI is InChI=1S/C16H17FN4O/c1-2-15(22)18-9-12-10-20(14-5-3-4-13(17)8-14)16-6-7-19-21(16)11-12/h2-8,12H,1,9-11H2,(H,18,22). The number of nitrogens with zero attached hydrogens (tertiary/aromatic N) is 3. The molecule has 3 rings (SSSR count). The fourth-order valence-electron chi connectivity index (χ4n) is 2.68. The third-order valence-corrected chi connectivity index (χ3v) is 3.71. The second-order valence-electron chi connectivity index (χ2n) is 5.28. The SMILES string of the molecule is C=CC(=O)NCC1CN(c2cccc(F)c2)c2ccnn2C1. The number of carbonyl (C=O) groups excluding carboxylic acids is 1. The molecule has 2 aromatic rings. The Kier molecular flexibility index (Phi) is 3.91. The van der Waals surface area contributed by atoms with Crippen LogP contribution in [0.15, 0.2) is 49.2 Å². The molecule has 22 heavy (non-hydrogen) atoms. The van der Waals surface area contributed by atoms with Crippen molar-refractivity contribution in [2.24, 2.45) is 5.92 Å². The van der Waals surface area contributed by atoms with Crippen molar-refractivity contribution in [1.29, 1.82) is 0 Å². The third-order valence-electron chi connectivity index (χ3n) is 3.71. The van der Waals surface area contributed by atoms with Gasteiger partial charge in [0.2, 0.25) is 5.91 Å². The summed E-state index contributed by atoms with van der Waals surface area (Å²) in [5.74, 6) is 0.644. The van der Waals surface area contributed by atoms with Gasteiger partial charge < -0.3 is 10.2 Å². The lowest BCUT2D eigenvalue weighted by Gasteiger charge is -2.34. The number of hydrogen-bond donors (Lipinski definition) is 1. The van der Waals surface area contributed by atoms with E-state index in [2.05, 4.69) is 17.0 Å². The molecular formula is C16H17FN4O. The number of halogens is 1. The van der Waals surface area contributed by atoms with E-state index in [1.54, 1.807) is 12.3 Å². The van der Waals surface area contributed by atoms with Crippen LogP contribution < -0.4 is 10.2 Å². The molecule has 0 bridgehead atoms. The molecular weight excluding hydrogens is 283 g/mol. The van der Waals surface area contributed by atoms with E-state index in [0.29, 0.717) is 19.6 Å². The van der Waals surface area contributed by atoms with Gasteiger partial charge in [-0.2, -0.15) is 5.10 Å². The Bertz CT molecular complexity index is 697. The zero-order chi connectivity index (χ0) is 15.5. The van der Waals surface area contributed by atoms with Crippen molar-refractivity contribution in [3.05, 3.63) is 55.0 Å². The molecule has 1 aliphatic heterocycles. The van der Waals surface area contributed by atoms with Crippen LogP contribution in [0.2, 0.25) is 0 Å². The van der Waals surface area contributed by atoms with E-state index < -0.39 is 0 Å². The van der Waals surface area contributed by atoms with Gasteiger partial charge in [0.05, 0.1) is 6.20 Å². The fourth-order valence-corrected chi connectivity index (χ4v) is 2.68. The van der Waals surface area contributed by atoms with Crippen LogP contribution in [0.3, 0.4) is 0 Å². The molecule has 0 saturated carbocycles. The monoisotopic (exact) mass is 300 g/mol. The van der Waals surface area contributed by atoms with Crippen molar-refractivity contribution < 1.29 is 9.18 Å². The minimum atomic E-state index is -0.273. The molecule has 0 aliphatic carbocycles. The van der Waals surface area contributed by atoms with E-state index >= 15 is 0 Å². The maximum Gasteiger partial charge on any atom is 0.243 e. The molecule has 114 valence electrons. The number of carbonyl (C=O) groups is 1. The second-order valence-corrected chi connectivity index (χ2v) is 5.28. The Morgan fingerprint density at radius 3 is 3.09 bits per heavy atom. The number of rotatable bonds is 4. The molecule has 1 N–H and O–H groups in total. The third kappa shape index (κ3) is 2.86. The van der Waals surface area contributed by atoms with Gasteiger partial charge in [0.15, 0.2) is 0 Å². The average molecular weight is 300 g/mol. The van der Waals surface area contributed by atoms with Gasteiger partial charge in [-0.05, 0) is 24.3 Å². The number of nitrogens with one attached hydrogen (secondary N) is 1. The van der Waals surface area contributed by atoms with E-state index in [1.165, 1.54) is 18.2 Å². The van der Waals surface area contributed by atoms with Crippen LogP contribution in [0.5, 0.6) is 0 Å². The fraction of sp³-hybridized carbons (Fsp3) is 0.250. The highest BCUT2D eigenvalue weighted by molar-refractivity contribution is 5.86. The van der Waals surface area contributed by atoms with Crippen molar-refractivity contribution in [2.45, 2.75) is 6.54 Å². The van der Waals surface area contributed by atoms with Gasteiger partial charge >= 0.3 is 0 Å². The number of anilines is 2. The number of benzene rings is 1. The summed E-state index contributed by atoms with van der Waals surface area (Å²) in [6, 6.07) is 8.39. The van der Waals surface area contributed by atoms with Crippen LogP contribution in [-0.4, -0.2) is 28.8 Å². The van der Waals surface area contributed by atoms with Crippen molar-refractivity contribution >= 4 is 17.4 Å². The molecule has 1 atom stereocenters. The zero-order valence-electron chi connectivity index (χ0n) is 12.1. The summed E-state index contributed by atoms with van der Waals surface area (Å²) in [4.78, 5) is 13.3. The van der Waals surface area contributed by atoms with E-state index in [1.807, 2.05) is 21.7 Å². The van der Waals surface area contributed by atoms with Gasteiger partial charge in [0, 0.05) is 37.3 Å². The van der Waals surface area contributed by atoms with Gasteiger partial charge in [0.25, 0.3) is 0 Å². The maximum atomic E-state index is 13.5. The molecule has 1 aromatic heterocycles. The highest BCUT2D eigenvalue weighted by Gasteiger charge is 2.26. The second kappa shape index (κ2) is 6.01. The summed E-state index contributed by atoms with van der Waals surface area (Å²) in [7, 11) is 0. The largest absolute Gasteiger partial charge is 0.352 e. The molecule has 5 nitrogen and oxygen atoms in total. The molecule has 1 unspecified atom stereocenters. The molecule has 0 spiro atoms. The smallest absolute Gasteiger partial charge is 0.243 e. The van der Waals surface area contributed by atoms with Crippen LogP contribution in [-0.2, 0) is 11.3 Å². The Hall–Kier alpha value is -2.63. The van der Waals surface area contributed by atoms with E-state index in [-0.39, 0.29) is 17.6 Å². The molecule has 0 fully saturated rings. The van der Waals surface area contributed by atoms with E-state index in [0.717, 1.165) is 11.5 Å². The van der Waals surface area contributed by atoms with E-state index in [4.69, 9.17) is 0 Å². The first kappa shape index (κ1) is 14.3. The summed E-state index contributed by atoms with van der Waals surface area (Å²) < 4.78 is 15.4. The highest BCUT2D eigenvalue weighted by Crippen LogP contribution is 2.30. The van der Waals surface area contributed by atoms with Crippen molar-refractivity contribution in [3.8, 4) is 0 Å². The van der Waals surface area contributed by atoms with E-state index in [9.17, 15) is 9.18 Å². The van der Waals surface area contributed by atoms with Crippen LogP contribution in [0.25, 0.3) is 0 Å². The number of amides is 1. The maximum absolute atomic E-state index is 13.5. The van der Waals surface area contributed by atoms with Gasteiger partial charge in [-0.25, -0.2) is 9.07 Å². The summed E-state index contributed by atoms with van der Waals surface area (Å²) in [5, 5.41) is 7.11. The highest BCUT2D eigenvalue weighted by atomic mass is 19.1. The predicted octanol–water partition coefficient (Wildman–Crippen LogP) is 2.09. The van der Waals surface area contributed by atoms with Crippen LogP contribution in [0.4, 0.5) is 15.9 Å². The molecule has 6 heteroatoms. The summed E-state index contributed by atoms with van der Waals surface area (Å²) in [5.41, 5.74) is 0.779. The first-order valence-electron chi connectivity index (χ1n) is 7.12. The molecule has 1 aromatic carbocycles. The van der Waals surface area contributed by atoms with Gasteiger partial charge in [0.1, 0.15) is 11.6 Å². The Morgan fingerprint density at radius 1 is 1.45 bits per heavy atom. The predicted molar refractivity (Wildman–Crippen MR) is 82.3 cm³/mol. The minimum absolute atomic E-state index is 0.180. The lowest BCUT2D eigenvalue weighted by Crippen LogP contribution is -2.41. The Balaban J connectivity index is 1.83. The first-order chi connectivity index (χ1) is 10.7. The van der Waals surface area contributed by atoms with Gasteiger partial charge in [-0.15, -0.1) is 0 Å². The quantitative estimate of drug-likeness (QED) is 0.880. The number of aromatic nitrogens is 2. The van der Waals surface area contributed by atoms with Crippen LogP contribution in [0.1, 0.15) is 0 Å². The summed E-state index contributed by atoms with van der Waals surface area (Å²) >= 11 is 0. The average Bonchev–Trinajstić information content (AvgIpc) is 3.00. The first-order valence-corrected chi connectivity index (χ1v) is 7.12. The molecule has 1 aliphatic rings. The van der Waals surface area contributed by atoms with Crippen molar-refractivity contribution in [1.82, 2.24) is 15.1 Å². The Labute approximate surface area is 128 Å². The normalized spacial score (nSPS) is 17.0. The molecule has 1 amide bonds.